The van der Waals surface area contributed by atoms with Gasteiger partial charge in [0.1, 0.15) is 4.88 Å². The second-order valence-electron chi connectivity index (χ2n) is 8.12. The number of carboxylic acids is 1. The predicted octanol–water partition coefficient (Wildman–Crippen LogP) is 5.89. The Labute approximate surface area is 170 Å². The van der Waals surface area contributed by atoms with Crippen LogP contribution in [0.15, 0.2) is 30.3 Å². The van der Waals surface area contributed by atoms with E-state index in [2.05, 4.69) is 6.07 Å². The Bertz CT molecular complexity index is 882. The van der Waals surface area contributed by atoms with Crippen molar-refractivity contribution in [1.29, 1.82) is 0 Å². The smallest absolute Gasteiger partial charge is 0.348 e. The lowest BCUT2D eigenvalue weighted by atomic mass is 9.79. The molecule has 1 saturated heterocycles. The highest BCUT2D eigenvalue weighted by Crippen LogP contribution is 2.42. The average molecular weight is 398 g/mol. The number of rotatable bonds is 4. The number of carboxylic acid groups (broad SMARTS) is 1. The molecule has 0 radical (unpaired) electrons. The maximum atomic E-state index is 13.0. The first-order valence-electron chi connectivity index (χ1n) is 10.3. The Hall–Kier alpha value is -2.14. The van der Waals surface area contributed by atoms with Gasteiger partial charge >= 0.3 is 5.97 Å². The van der Waals surface area contributed by atoms with Crippen molar-refractivity contribution in [2.75, 3.05) is 4.90 Å². The van der Waals surface area contributed by atoms with Crippen LogP contribution in [0.3, 0.4) is 0 Å². The molecule has 1 aliphatic heterocycles. The summed E-state index contributed by atoms with van der Waals surface area (Å²) in [6.45, 7) is 2.03. The first kappa shape index (κ1) is 19.2. The average Bonchev–Trinajstić information content (AvgIpc) is 3.14. The van der Waals surface area contributed by atoms with Gasteiger partial charge in [-0.05, 0) is 50.2 Å². The van der Waals surface area contributed by atoms with Gasteiger partial charge in [0.15, 0.2) is 0 Å². The molecule has 4 nitrogen and oxygen atoms in total. The van der Waals surface area contributed by atoms with Crippen molar-refractivity contribution in [3.05, 3.63) is 40.8 Å². The molecule has 0 bridgehead atoms. The van der Waals surface area contributed by atoms with E-state index in [9.17, 15) is 14.7 Å². The molecular weight excluding hydrogens is 370 g/mol. The highest BCUT2D eigenvalue weighted by Gasteiger charge is 2.38. The minimum absolute atomic E-state index is 0.0814. The van der Waals surface area contributed by atoms with Crippen LogP contribution in [0.1, 0.15) is 66.6 Å². The lowest BCUT2D eigenvalue weighted by molar-refractivity contribution is -0.120. The number of thiophene rings is 1. The van der Waals surface area contributed by atoms with E-state index in [0.29, 0.717) is 18.0 Å². The third kappa shape index (κ3) is 3.72. The predicted molar refractivity (Wildman–Crippen MR) is 113 cm³/mol. The quantitative estimate of drug-likeness (QED) is 0.700. The van der Waals surface area contributed by atoms with E-state index >= 15 is 0 Å². The van der Waals surface area contributed by atoms with E-state index in [-0.39, 0.29) is 16.8 Å². The van der Waals surface area contributed by atoms with Crippen LogP contribution in [0.5, 0.6) is 0 Å². The van der Waals surface area contributed by atoms with Gasteiger partial charge < -0.3 is 10.0 Å². The lowest BCUT2D eigenvalue weighted by Crippen LogP contribution is -2.48. The van der Waals surface area contributed by atoms with Crippen LogP contribution in [0.4, 0.5) is 5.69 Å². The molecule has 5 heteroatoms. The summed E-state index contributed by atoms with van der Waals surface area (Å²) >= 11 is 1.28. The molecule has 1 N–H and O–H groups in total. The number of hydrogen-bond acceptors (Lipinski definition) is 3. The van der Waals surface area contributed by atoms with Crippen LogP contribution in [0.2, 0.25) is 0 Å². The van der Waals surface area contributed by atoms with E-state index in [1.807, 2.05) is 36.1 Å². The summed E-state index contributed by atoms with van der Waals surface area (Å²) in [5.74, 6) is -0.375. The van der Waals surface area contributed by atoms with E-state index in [4.69, 9.17) is 0 Å². The van der Waals surface area contributed by atoms with Crippen LogP contribution in [0.25, 0.3) is 10.4 Å². The summed E-state index contributed by atoms with van der Waals surface area (Å²) in [5, 5.41) is 9.87. The Morgan fingerprint density at radius 2 is 1.89 bits per heavy atom. The van der Waals surface area contributed by atoms with Crippen LogP contribution in [0, 0.1) is 12.8 Å². The highest BCUT2D eigenvalue weighted by atomic mass is 32.1. The van der Waals surface area contributed by atoms with Gasteiger partial charge in [-0.25, -0.2) is 4.79 Å². The van der Waals surface area contributed by atoms with Gasteiger partial charge in [0, 0.05) is 17.3 Å². The zero-order valence-electron chi connectivity index (χ0n) is 16.3. The van der Waals surface area contributed by atoms with Gasteiger partial charge in [-0.3, -0.25) is 4.79 Å². The monoisotopic (exact) mass is 397 g/mol. The fourth-order valence-corrected chi connectivity index (χ4v) is 5.81. The molecule has 0 spiro atoms. The zero-order chi connectivity index (χ0) is 19.7. The summed E-state index contributed by atoms with van der Waals surface area (Å²) in [6.07, 6.45) is 8.39. The molecule has 1 unspecified atom stereocenters. The fraction of sp³-hybridized carbons (Fsp3) is 0.478. The molecule has 1 atom stereocenters. The van der Waals surface area contributed by atoms with E-state index in [1.165, 1.54) is 30.6 Å². The molecule has 2 aromatic rings. The molecule has 148 valence electrons. The van der Waals surface area contributed by atoms with Crippen molar-refractivity contribution in [2.24, 2.45) is 5.92 Å². The Kier molecular flexibility index (Phi) is 5.54. The van der Waals surface area contributed by atoms with E-state index in [0.717, 1.165) is 41.7 Å². The number of hydrogen-bond donors (Lipinski definition) is 1. The number of carbonyl (C=O) groups is 2. The normalized spacial score (nSPS) is 21.1. The summed E-state index contributed by atoms with van der Waals surface area (Å²) in [6, 6.07) is 10.2. The number of aromatic carboxylic acids is 1. The number of piperidine rings is 1. The van der Waals surface area contributed by atoms with Crippen molar-refractivity contribution in [1.82, 2.24) is 0 Å². The van der Waals surface area contributed by atoms with Gasteiger partial charge in [-0.2, -0.15) is 0 Å². The summed E-state index contributed by atoms with van der Waals surface area (Å²) in [4.78, 5) is 28.1. The number of anilines is 1. The second-order valence-corrected chi connectivity index (χ2v) is 9.17. The topological polar surface area (TPSA) is 57.6 Å². The van der Waals surface area contributed by atoms with Crippen LogP contribution < -0.4 is 4.90 Å². The largest absolute Gasteiger partial charge is 0.477 e. The van der Waals surface area contributed by atoms with Crippen molar-refractivity contribution in [2.45, 2.75) is 64.3 Å². The van der Waals surface area contributed by atoms with Gasteiger partial charge in [-0.15, -0.1) is 11.3 Å². The number of aryl methyl sites for hydroxylation is 1. The lowest BCUT2D eigenvalue weighted by Gasteiger charge is -2.41. The SMILES string of the molecule is Cc1cccc(-c2cc(N3C(=O)CCCC3C3CCCCC3)c(C(=O)O)s2)c1. The maximum Gasteiger partial charge on any atom is 0.348 e. The summed E-state index contributed by atoms with van der Waals surface area (Å²) in [5.41, 5.74) is 2.75. The van der Waals surface area contributed by atoms with Crippen LogP contribution >= 0.6 is 11.3 Å². The molecule has 2 heterocycles. The van der Waals surface area contributed by atoms with Crippen molar-refractivity contribution in [3.63, 3.8) is 0 Å². The Balaban J connectivity index is 1.76. The molecule has 2 fully saturated rings. The van der Waals surface area contributed by atoms with E-state index in [1.54, 1.807) is 0 Å². The number of carbonyl (C=O) groups excluding carboxylic acids is 1. The number of benzene rings is 1. The fourth-order valence-electron chi connectivity index (χ4n) is 4.83. The second kappa shape index (κ2) is 8.08. The molecule has 1 aromatic carbocycles. The molecule has 2 aliphatic rings. The molecule has 1 amide bonds. The van der Waals surface area contributed by atoms with Gasteiger partial charge in [0.2, 0.25) is 5.91 Å². The highest BCUT2D eigenvalue weighted by molar-refractivity contribution is 7.18. The number of amides is 1. The number of nitrogens with zero attached hydrogens (tertiary/aromatic N) is 1. The Morgan fingerprint density at radius 1 is 1.11 bits per heavy atom. The molecule has 1 aliphatic carbocycles. The first-order valence-corrected chi connectivity index (χ1v) is 11.1. The van der Waals surface area contributed by atoms with Crippen molar-refractivity contribution < 1.29 is 14.7 Å². The third-order valence-corrected chi connectivity index (χ3v) is 7.32. The first-order chi connectivity index (χ1) is 13.5. The van der Waals surface area contributed by atoms with Crippen molar-refractivity contribution in [3.8, 4) is 10.4 Å². The molecule has 1 aromatic heterocycles. The summed E-state index contributed by atoms with van der Waals surface area (Å²) in [7, 11) is 0. The minimum atomic E-state index is -0.945. The molecule has 1 saturated carbocycles. The van der Waals surface area contributed by atoms with E-state index < -0.39 is 5.97 Å². The van der Waals surface area contributed by atoms with Gasteiger partial charge in [0.05, 0.1) is 5.69 Å². The molecular formula is C23H27NO3S. The Morgan fingerprint density at radius 3 is 2.61 bits per heavy atom. The molecule has 28 heavy (non-hydrogen) atoms. The summed E-state index contributed by atoms with van der Waals surface area (Å²) < 4.78 is 0. The van der Waals surface area contributed by atoms with Crippen LogP contribution in [-0.4, -0.2) is 23.0 Å². The molecule has 4 rings (SSSR count). The standard InChI is InChI=1S/C23H27NO3S/c1-15-7-5-10-17(13-15)20-14-19(22(28-20)23(26)27)24-18(11-6-12-21(24)25)16-8-3-2-4-9-16/h5,7,10,13-14,16,18H,2-4,6,8-9,11-12H2,1H3,(H,26,27). The minimum Gasteiger partial charge on any atom is -0.477 e. The van der Waals surface area contributed by atoms with Gasteiger partial charge in [-0.1, -0.05) is 49.1 Å². The van der Waals surface area contributed by atoms with Crippen molar-refractivity contribution >= 4 is 28.9 Å². The van der Waals surface area contributed by atoms with Crippen LogP contribution in [-0.2, 0) is 4.79 Å². The zero-order valence-corrected chi connectivity index (χ0v) is 17.1. The van der Waals surface area contributed by atoms with Gasteiger partial charge in [0.25, 0.3) is 0 Å². The maximum absolute atomic E-state index is 13.0. The third-order valence-electron chi connectivity index (χ3n) is 6.15.